The van der Waals surface area contributed by atoms with Crippen molar-refractivity contribution in [1.82, 2.24) is 4.98 Å². The van der Waals surface area contributed by atoms with Crippen LogP contribution in [-0.4, -0.2) is 9.91 Å². The number of hydrogen-bond donors (Lipinski definition) is 0. The standard InChI is InChI=1S/C23H14ClN2O2/c24-21-12-11-18(14-22(21)26(27)28)23-20(17-9-5-2-6-10-17)13-19(15-25-23)16-7-3-1-4-8-16/h1-12,14-15H. The van der Waals surface area contributed by atoms with E-state index in [0.717, 1.165) is 22.3 Å². The number of benzene rings is 3. The van der Waals surface area contributed by atoms with Crippen molar-refractivity contribution in [1.29, 1.82) is 0 Å². The van der Waals surface area contributed by atoms with E-state index in [1.165, 1.54) is 12.1 Å². The highest BCUT2D eigenvalue weighted by atomic mass is 35.5. The van der Waals surface area contributed by atoms with Gasteiger partial charge in [-0.25, -0.2) is 0 Å². The van der Waals surface area contributed by atoms with E-state index in [1.54, 1.807) is 12.3 Å². The lowest BCUT2D eigenvalue weighted by Gasteiger charge is -2.12. The van der Waals surface area contributed by atoms with Crippen molar-refractivity contribution < 1.29 is 4.92 Å². The largest absolute Gasteiger partial charge is 0.288 e. The summed E-state index contributed by atoms with van der Waals surface area (Å²) in [6.07, 6.45) is 1.73. The van der Waals surface area contributed by atoms with Crippen LogP contribution in [0, 0.1) is 16.2 Å². The molecule has 0 bridgehead atoms. The predicted octanol–water partition coefficient (Wildman–Crippen LogP) is 6.44. The van der Waals surface area contributed by atoms with Crippen molar-refractivity contribution in [2.24, 2.45) is 0 Å². The first-order valence-electron chi connectivity index (χ1n) is 8.61. The molecular weight excluding hydrogens is 372 g/mol. The quantitative estimate of drug-likeness (QED) is 0.300. The molecule has 1 aromatic heterocycles. The SMILES string of the molecule is O=[N+]([O-])c1cc(-c2ncc(-c3ccccc3)[c]c2-c2ccccc2)ccc1Cl. The molecule has 0 amide bonds. The van der Waals surface area contributed by atoms with E-state index in [9.17, 15) is 10.1 Å². The Labute approximate surface area is 167 Å². The summed E-state index contributed by atoms with van der Waals surface area (Å²) >= 11 is 5.97. The van der Waals surface area contributed by atoms with Crippen molar-refractivity contribution in [3.8, 4) is 33.5 Å². The van der Waals surface area contributed by atoms with Crippen molar-refractivity contribution in [3.05, 3.63) is 106 Å². The van der Waals surface area contributed by atoms with Gasteiger partial charge in [-0.2, -0.15) is 0 Å². The average molecular weight is 386 g/mol. The zero-order valence-electron chi connectivity index (χ0n) is 14.7. The minimum Gasteiger partial charge on any atom is -0.258 e. The predicted molar refractivity (Wildman–Crippen MR) is 111 cm³/mol. The van der Waals surface area contributed by atoms with Gasteiger partial charge in [0.1, 0.15) is 5.02 Å². The molecule has 0 unspecified atom stereocenters. The van der Waals surface area contributed by atoms with E-state index >= 15 is 0 Å². The zero-order chi connectivity index (χ0) is 19.5. The van der Waals surface area contributed by atoms with Crippen LogP contribution in [-0.2, 0) is 0 Å². The van der Waals surface area contributed by atoms with Crippen LogP contribution in [0.25, 0.3) is 33.5 Å². The number of halogens is 1. The van der Waals surface area contributed by atoms with Crippen molar-refractivity contribution in [2.45, 2.75) is 0 Å². The lowest BCUT2D eigenvalue weighted by molar-refractivity contribution is -0.384. The maximum atomic E-state index is 11.3. The molecule has 0 saturated heterocycles. The van der Waals surface area contributed by atoms with Gasteiger partial charge in [-0.15, -0.1) is 0 Å². The summed E-state index contributed by atoms with van der Waals surface area (Å²) in [5.74, 6) is 0. The third kappa shape index (κ3) is 3.50. The summed E-state index contributed by atoms with van der Waals surface area (Å²) in [7, 11) is 0. The molecule has 1 heterocycles. The van der Waals surface area contributed by atoms with Gasteiger partial charge in [0, 0.05) is 35.0 Å². The van der Waals surface area contributed by atoms with Gasteiger partial charge in [-0.1, -0.05) is 78.3 Å². The molecule has 3 aromatic carbocycles. The summed E-state index contributed by atoms with van der Waals surface area (Å²) in [4.78, 5) is 15.4. The van der Waals surface area contributed by atoms with E-state index in [-0.39, 0.29) is 10.7 Å². The molecule has 0 spiro atoms. The van der Waals surface area contributed by atoms with E-state index in [1.807, 2.05) is 60.7 Å². The fourth-order valence-corrected chi connectivity index (χ4v) is 3.20. The lowest BCUT2D eigenvalue weighted by atomic mass is 9.96. The molecule has 0 fully saturated rings. The molecular formula is C23H14ClN2O2. The number of hydrogen-bond acceptors (Lipinski definition) is 3. The van der Waals surface area contributed by atoms with Gasteiger partial charge in [-0.05, 0) is 17.2 Å². The van der Waals surface area contributed by atoms with E-state index in [2.05, 4.69) is 11.1 Å². The third-order valence-corrected chi connectivity index (χ3v) is 4.70. The Hall–Kier alpha value is -3.50. The van der Waals surface area contributed by atoms with Crippen LogP contribution in [0.3, 0.4) is 0 Å². The molecule has 0 aliphatic heterocycles. The summed E-state index contributed by atoms with van der Waals surface area (Å²) in [6.45, 7) is 0. The molecule has 28 heavy (non-hydrogen) atoms. The number of rotatable bonds is 4. The molecule has 0 N–H and O–H groups in total. The zero-order valence-corrected chi connectivity index (χ0v) is 15.4. The second-order valence-corrected chi connectivity index (χ2v) is 6.58. The third-order valence-electron chi connectivity index (χ3n) is 4.38. The number of nitrogens with zero attached hydrogens (tertiary/aromatic N) is 2. The van der Waals surface area contributed by atoms with Gasteiger partial charge in [0.25, 0.3) is 5.69 Å². The molecule has 4 aromatic rings. The molecule has 4 nitrogen and oxygen atoms in total. The lowest BCUT2D eigenvalue weighted by Crippen LogP contribution is -1.94. The fraction of sp³-hybridized carbons (Fsp3) is 0. The Bertz CT molecular complexity index is 1150. The van der Waals surface area contributed by atoms with E-state index in [0.29, 0.717) is 11.3 Å². The average Bonchev–Trinajstić information content (AvgIpc) is 2.75. The highest BCUT2D eigenvalue weighted by Crippen LogP contribution is 2.36. The van der Waals surface area contributed by atoms with Crippen LogP contribution in [0.4, 0.5) is 5.69 Å². The molecule has 4 rings (SSSR count). The smallest absolute Gasteiger partial charge is 0.258 e. The van der Waals surface area contributed by atoms with Gasteiger partial charge >= 0.3 is 0 Å². The Morgan fingerprint density at radius 1 is 0.857 bits per heavy atom. The van der Waals surface area contributed by atoms with Gasteiger partial charge in [0.05, 0.1) is 10.6 Å². The van der Waals surface area contributed by atoms with Gasteiger partial charge in [0.2, 0.25) is 0 Å². The fourth-order valence-electron chi connectivity index (χ4n) is 3.02. The Morgan fingerprint density at radius 3 is 2.14 bits per heavy atom. The van der Waals surface area contributed by atoms with E-state index in [4.69, 9.17) is 11.6 Å². The van der Waals surface area contributed by atoms with Crippen molar-refractivity contribution in [2.75, 3.05) is 0 Å². The number of nitro groups is 1. The van der Waals surface area contributed by atoms with Crippen LogP contribution in [0.15, 0.2) is 85.1 Å². The highest BCUT2D eigenvalue weighted by Gasteiger charge is 2.17. The molecule has 0 aliphatic carbocycles. The normalized spacial score (nSPS) is 10.6. The van der Waals surface area contributed by atoms with Crippen LogP contribution in [0.2, 0.25) is 5.02 Å². The highest BCUT2D eigenvalue weighted by molar-refractivity contribution is 6.32. The van der Waals surface area contributed by atoms with E-state index < -0.39 is 4.92 Å². The molecule has 0 aliphatic rings. The second kappa shape index (κ2) is 7.62. The van der Waals surface area contributed by atoms with Gasteiger partial charge in [-0.3, -0.25) is 15.1 Å². The molecule has 5 heteroatoms. The second-order valence-electron chi connectivity index (χ2n) is 6.18. The number of aromatic nitrogens is 1. The van der Waals surface area contributed by atoms with Gasteiger partial charge in [0.15, 0.2) is 0 Å². The Kier molecular flexibility index (Phi) is 4.87. The van der Waals surface area contributed by atoms with Crippen LogP contribution in [0.5, 0.6) is 0 Å². The molecule has 0 atom stereocenters. The van der Waals surface area contributed by atoms with Crippen LogP contribution in [0.1, 0.15) is 0 Å². The minimum absolute atomic E-state index is 0.0971. The Balaban J connectivity index is 1.93. The van der Waals surface area contributed by atoms with Crippen LogP contribution < -0.4 is 0 Å². The molecule has 1 radical (unpaired) electrons. The molecule has 135 valence electrons. The number of pyridine rings is 1. The van der Waals surface area contributed by atoms with Crippen molar-refractivity contribution in [3.63, 3.8) is 0 Å². The first kappa shape index (κ1) is 17.9. The molecule has 0 saturated carbocycles. The Morgan fingerprint density at radius 2 is 1.50 bits per heavy atom. The summed E-state index contributed by atoms with van der Waals surface area (Å²) in [5.41, 5.74) is 4.65. The number of nitro benzene ring substituents is 1. The maximum absolute atomic E-state index is 11.3. The first-order valence-corrected chi connectivity index (χ1v) is 8.99. The monoisotopic (exact) mass is 385 g/mol. The van der Waals surface area contributed by atoms with Crippen LogP contribution >= 0.6 is 11.6 Å². The summed E-state index contributed by atoms with van der Waals surface area (Å²) in [5, 5.41) is 11.4. The van der Waals surface area contributed by atoms with Crippen molar-refractivity contribution >= 4 is 17.3 Å². The summed E-state index contributed by atoms with van der Waals surface area (Å²) in [6, 6.07) is 27.8. The summed E-state index contributed by atoms with van der Waals surface area (Å²) < 4.78 is 0. The minimum atomic E-state index is -0.490. The first-order chi connectivity index (χ1) is 13.6. The maximum Gasteiger partial charge on any atom is 0.288 e. The van der Waals surface area contributed by atoms with Gasteiger partial charge < -0.3 is 0 Å². The topological polar surface area (TPSA) is 56.0 Å².